The zero-order valence-corrected chi connectivity index (χ0v) is 5.87. The van der Waals surface area contributed by atoms with E-state index in [0.29, 0.717) is 20.5 Å². The Balaban J connectivity index is 3.46. The quantitative estimate of drug-likeness (QED) is 0.489. The summed E-state index contributed by atoms with van der Waals surface area (Å²) in [6.07, 6.45) is 2.47. The zero-order chi connectivity index (χ0) is 7.72. The van der Waals surface area contributed by atoms with Crippen LogP contribution in [0.3, 0.4) is 0 Å². The van der Waals surface area contributed by atoms with E-state index in [1.54, 1.807) is 13.8 Å². The van der Waals surface area contributed by atoms with Crippen molar-refractivity contribution in [1.29, 1.82) is 0 Å². The Hall–Kier alpha value is -1.32. The van der Waals surface area contributed by atoms with Gasteiger partial charge < -0.3 is 9.94 Å². The molecule has 4 heteroatoms. The summed E-state index contributed by atoms with van der Waals surface area (Å²) in [7, 11) is 0. The highest BCUT2D eigenvalue weighted by atomic mass is 16.5. The molecule has 1 heterocycles. The largest absolute Gasteiger partial charge is 0.805 e. The van der Waals surface area contributed by atoms with E-state index < -0.39 is 0 Å². The lowest BCUT2D eigenvalue weighted by Gasteiger charge is -2.13. The van der Waals surface area contributed by atoms with Crippen molar-refractivity contribution in [3.63, 3.8) is 0 Å². The van der Waals surface area contributed by atoms with Gasteiger partial charge in [0.2, 0.25) is 12.4 Å². The Morgan fingerprint density at radius 1 is 1.40 bits per heavy atom. The monoisotopic (exact) mass is 140 g/mol. The van der Waals surface area contributed by atoms with Gasteiger partial charge in [-0.05, 0) is 13.8 Å². The molecule has 0 N–H and O–H groups in total. The minimum absolute atomic E-state index is 0.412. The van der Waals surface area contributed by atoms with Crippen molar-refractivity contribution in [2.45, 2.75) is 13.8 Å². The molecule has 10 heavy (non-hydrogen) atoms. The van der Waals surface area contributed by atoms with Crippen LogP contribution in [0.15, 0.2) is 12.4 Å². The lowest BCUT2D eigenvalue weighted by Crippen LogP contribution is -2.17. The third-order valence-electron chi connectivity index (χ3n) is 1.27. The van der Waals surface area contributed by atoms with Gasteiger partial charge in [0, 0.05) is 4.91 Å². The van der Waals surface area contributed by atoms with Crippen molar-refractivity contribution in [1.82, 2.24) is 4.73 Å². The number of aryl methyl sites for hydroxylation is 2. The molecular weight excluding hydrogens is 132 g/mol. The van der Waals surface area contributed by atoms with Crippen molar-refractivity contribution in [3.05, 3.63) is 33.9 Å². The van der Waals surface area contributed by atoms with Crippen LogP contribution in [0, 0.1) is 24.0 Å². The Bertz CT molecular complexity index is 277. The molecule has 0 atom stereocenters. The summed E-state index contributed by atoms with van der Waals surface area (Å²) in [5.41, 5.74) is 0.824. The second kappa shape index (κ2) is 2.13. The zero-order valence-electron chi connectivity index (χ0n) is 5.87. The van der Waals surface area contributed by atoms with Crippen molar-refractivity contribution >= 4 is 0 Å². The van der Waals surface area contributed by atoms with Crippen LogP contribution in [0.5, 0.6) is 0 Å². The van der Waals surface area contributed by atoms with E-state index in [1.165, 1.54) is 12.4 Å². The first-order valence-electron chi connectivity index (χ1n) is 2.91. The molecule has 54 valence electrons. The predicted octanol–water partition coefficient (Wildman–Crippen LogP) is 0.365. The van der Waals surface area contributed by atoms with Crippen LogP contribution in [-0.4, -0.2) is 4.73 Å². The first-order chi connectivity index (χ1) is 4.61. The number of nitrogens with zero attached hydrogens (tertiary/aromatic N) is 2. The maximum Gasteiger partial charge on any atom is 0.246 e. The van der Waals surface area contributed by atoms with Crippen LogP contribution in [0.2, 0.25) is 0 Å². The lowest BCUT2D eigenvalue weighted by atomic mass is 10.4. The van der Waals surface area contributed by atoms with Crippen LogP contribution < -0.4 is 4.43 Å². The van der Waals surface area contributed by atoms with E-state index in [9.17, 15) is 10.1 Å². The average Bonchev–Trinajstić information content (AvgIpc) is 1.82. The second-order valence-electron chi connectivity index (χ2n) is 2.20. The molecule has 0 aliphatic carbocycles. The molecule has 1 rings (SSSR count). The maximum absolute atomic E-state index is 10.9. The van der Waals surface area contributed by atoms with E-state index >= 15 is 0 Å². The molecule has 0 radical (unpaired) electrons. The summed E-state index contributed by atoms with van der Waals surface area (Å²) in [4.78, 5) is 10.6. The number of rotatable bonds is 0. The van der Waals surface area contributed by atoms with E-state index in [1.807, 2.05) is 0 Å². The summed E-state index contributed by atoms with van der Waals surface area (Å²) in [5.74, 6) is 0. The highest BCUT2D eigenvalue weighted by molar-refractivity contribution is 5.01. The normalized spacial score (nSPS) is 9.80. The third-order valence-corrected chi connectivity index (χ3v) is 1.27. The summed E-state index contributed by atoms with van der Waals surface area (Å²) in [5, 5.41) is 10.9. The van der Waals surface area contributed by atoms with E-state index in [4.69, 9.17) is 0 Å². The molecular formula is C6H8N2O2. The van der Waals surface area contributed by atoms with Crippen LogP contribution in [0.25, 0.3) is 0 Å². The molecule has 0 aromatic carbocycles. The van der Waals surface area contributed by atoms with E-state index in [0.717, 1.165) is 0 Å². The maximum atomic E-state index is 10.9. The fourth-order valence-corrected chi connectivity index (χ4v) is 0.789. The minimum atomic E-state index is 0.412. The van der Waals surface area contributed by atoms with Crippen LogP contribution >= 0.6 is 0 Å². The lowest BCUT2D eigenvalue weighted by molar-refractivity contribution is -0.496. The van der Waals surface area contributed by atoms with Gasteiger partial charge in [-0.25, -0.2) is 0 Å². The Morgan fingerprint density at radius 3 is 2.20 bits per heavy atom. The molecule has 0 bridgehead atoms. The summed E-state index contributed by atoms with van der Waals surface area (Å²) in [6.45, 7) is 3.18. The van der Waals surface area contributed by atoms with Crippen molar-refractivity contribution in [2.75, 3.05) is 0 Å². The molecule has 4 nitrogen and oxygen atoms in total. The predicted molar refractivity (Wildman–Crippen MR) is 36.0 cm³/mol. The first kappa shape index (κ1) is 6.80. The van der Waals surface area contributed by atoms with Gasteiger partial charge in [0.05, 0.1) is 15.8 Å². The topological polar surface area (TPSA) is 51.0 Å². The standard InChI is InChI=1S/C6H8N2O2/c1-5-3-7(9)4-6(2)8(5)10/h3-4H,1-2H3. The van der Waals surface area contributed by atoms with Gasteiger partial charge >= 0.3 is 0 Å². The molecule has 0 unspecified atom stereocenters. The number of hydrogen-bond acceptors (Lipinski definition) is 2. The Kier molecular flexibility index (Phi) is 1.45. The van der Waals surface area contributed by atoms with Gasteiger partial charge in [0.15, 0.2) is 0 Å². The fourth-order valence-electron chi connectivity index (χ4n) is 0.789. The third kappa shape index (κ3) is 1.00. The second-order valence-corrected chi connectivity index (χ2v) is 2.20. The van der Waals surface area contributed by atoms with Gasteiger partial charge in [-0.15, -0.1) is 0 Å². The number of hydrogen-bond donors (Lipinski definition) is 0. The SMILES string of the molecule is Cc1c[n+](=O)cc(C)n1[O-]. The van der Waals surface area contributed by atoms with Crippen molar-refractivity contribution in [2.24, 2.45) is 0 Å². The minimum Gasteiger partial charge on any atom is -0.805 e. The smallest absolute Gasteiger partial charge is 0.246 e. The molecule has 1 aromatic rings. The molecule has 0 saturated heterocycles. The summed E-state index contributed by atoms with van der Waals surface area (Å²) >= 11 is 0. The highest BCUT2D eigenvalue weighted by Crippen LogP contribution is 1.95. The van der Waals surface area contributed by atoms with E-state index in [-0.39, 0.29) is 0 Å². The van der Waals surface area contributed by atoms with E-state index in [2.05, 4.69) is 0 Å². The van der Waals surface area contributed by atoms with Gasteiger partial charge in [-0.3, -0.25) is 0 Å². The first-order valence-corrected chi connectivity index (χ1v) is 2.91. The molecule has 0 fully saturated rings. The Morgan fingerprint density at radius 2 is 1.80 bits per heavy atom. The van der Waals surface area contributed by atoms with Crippen LogP contribution in [0.1, 0.15) is 11.4 Å². The van der Waals surface area contributed by atoms with Gasteiger partial charge in [-0.1, -0.05) is 0 Å². The van der Waals surface area contributed by atoms with Gasteiger partial charge in [0.25, 0.3) is 0 Å². The molecule has 0 aliphatic heterocycles. The number of aromatic nitrogens is 2. The Labute approximate surface area is 57.9 Å². The molecule has 0 amide bonds. The summed E-state index contributed by atoms with van der Waals surface area (Å²) in [6, 6.07) is 0. The molecule has 1 aromatic heterocycles. The van der Waals surface area contributed by atoms with Crippen molar-refractivity contribution in [3.8, 4) is 0 Å². The average molecular weight is 140 g/mol. The highest BCUT2D eigenvalue weighted by Gasteiger charge is 1.98. The molecule has 0 spiro atoms. The van der Waals surface area contributed by atoms with Crippen LogP contribution in [0.4, 0.5) is 0 Å². The van der Waals surface area contributed by atoms with Crippen molar-refractivity contribution < 1.29 is 4.43 Å². The molecule has 0 saturated carbocycles. The van der Waals surface area contributed by atoms with Gasteiger partial charge in [0.1, 0.15) is 0 Å². The summed E-state index contributed by atoms with van der Waals surface area (Å²) < 4.78 is 1.34. The van der Waals surface area contributed by atoms with Crippen LogP contribution in [-0.2, 0) is 0 Å². The molecule has 0 aliphatic rings. The van der Waals surface area contributed by atoms with Gasteiger partial charge in [-0.2, -0.15) is 0 Å². The fraction of sp³-hybridized carbons (Fsp3) is 0.333.